The van der Waals surface area contributed by atoms with E-state index >= 15 is 0 Å². The molecule has 72 valence electrons. The van der Waals surface area contributed by atoms with Crippen LogP contribution in [0.3, 0.4) is 0 Å². The lowest BCUT2D eigenvalue weighted by Gasteiger charge is -1.98. The summed E-state index contributed by atoms with van der Waals surface area (Å²) < 4.78 is 0. The lowest BCUT2D eigenvalue weighted by Crippen LogP contribution is -1.90. The van der Waals surface area contributed by atoms with Crippen molar-refractivity contribution in [3.05, 3.63) is 37.9 Å². The first-order valence-corrected chi connectivity index (χ1v) is 5.25. The van der Waals surface area contributed by atoms with Gasteiger partial charge in [-0.1, -0.05) is 34.5 Å². The van der Waals surface area contributed by atoms with Crippen molar-refractivity contribution < 1.29 is 0 Å². The van der Waals surface area contributed by atoms with Gasteiger partial charge in [0.15, 0.2) is 0 Å². The number of aromatic nitrogens is 2. The molecule has 0 saturated carbocycles. The van der Waals surface area contributed by atoms with E-state index in [2.05, 4.69) is 10.2 Å². The van der Waals surface area contributed by atoms with E-state index in [4.69, 9.17) is 23.2 Å². The first-order valence-electron chi connectivity index (χ1n) is 3.68. The zero-order valence-electron chi connectivity index (χ0n) is 6.75. The zero-order valence-corrected chi connectivity index (χ0v) is 9.08. The standard InChI is InChI=1S/C8H4Cl2N2OS/c9-4-1-2-5(6(10)3-4)7-11-12-8(13)14-7/h1-3H,(H,12,13). The minimum absolute atomic E-state index is 0.203. The van der Waals surface area contributed by atoms with Crippen molar-refractivity contribution in [2.75, 3.05) is 0 Å². The molecule has 0 radical (unpaired) electrons. The summed E-state index contributed by atoms with van der Waals surface area (Å²) in [5.41, 5.74) is 0.708. The molecule has 0 spiro atoms. The molecule has 6 heteroatoms. The Labute approximate surface area is 93.3 Å². The third kappa shape index (κ3) is 1.82. The maximum Gasteiger partial charge on any atom is 0.322 e. The number of aromatic amines is 1. The maximum atomic E-state index is 10.9. The van der Waals surface area contributed by atoms with Crippen molar-refractivity contribution in [1.29, 1.82) is 0 Å². The molecular formula is C8H4Cl2N2OS. The van der Waals surface area contributed by atoms with Crippen molar-refractivity contribution in [3.8, 4) is 10.6 Å². The minimum Gasteiger partial charge on any atom is -0.255 e. The molecule has 3 nitrogen and oxygen atoms in total. The summed E-state index contributed by atoms with van der Waals surface area (Å²) >= 11 is 12.7. The zero-order chi connectivity index (χ0) is 10.1. The summed E-state index contributed by atoms with van der Waals surface area (Å²) in [5.74, 6) is 0. The fourth-order valence-electron chi connectivity index (χ4n) is 1.01. The highest BCUT2D eigenvalue weighted by Gasteiger charge is 2.07. The number of nitrogens with zero attached hydrogens (tertiary/aromatic N) is 1. The number of hydrogen-bond donors (Lipinski definition) is 1. The van der Waals surface area contributed by atoms with Gasteiger partial charge in [-0.15, -0.1) is 0 Å². The predicted octanol–water partition coefficient (Wildman–Crippen LogP) is 2.81. The van der Waals surface area contributed by atoms with Crippen LogP contribution in [-0.2, 0) is 0 Å². The SMILES string of the molecule is O=c1[nH]nc(-c2ccc(Cl)cc2Cl)s1. The highest BCUT2D eigenvalue weighted by atomic mass is 35.5. The van der Waals surface area contributed by atoms with Crippen molar-refractivity contribution in [3.63, 3.8) is 0 Å². The molecule has 1 heterocycles. The first kappa shape index (κ1) is 9.71. The number of halogens is 2. The summed E-state index contributed by atoms with van der Waals surface area (Å²) in [6.45, 7) is 0. The third-order valence-electron chi connectivity index (χ3n) is 1.60. The third-order valence-corrected chi connectivity index (χ3v) is 2.93. The molecule has 2 rings (SSSR count). The molecule has 1 N–H and O–H groups in total. The molecule has 0 aliphatic carbocycles. The van der Waals surface area contributed by atoms with Gasteiger partial charge in [-0.05, 0) is 18.2 Å². The maximum absolute atomic E-state index is 10.9. The number of hydrogen-bond acceptors (Lipinski definition) is 3. The Bertz CT molecular complexity index is 520. The molecule has 0 bridgehead atoms. The molecule has 1 aromatic heterocycles. The monoisotopic (exact) mass is 246 g/mol. The molecule has 14 heavy (non-hydrogen) atoms. The van der Waals surface area contributed by atoms with Crippen LogP contribution in [0.5, 0.6) is 0 Å². The quantitative estimate of drug-likeness (QED) is 0.842. The van der Waals surface area contributed by atoms with E-state index in [-0.39, 0.29) is 4.87 Å². The van der Waals surface area contributed by atoms with Crippen LogP contribution in [0.15, 0.2) is 23.0 Å². The van der Waals surface area contributed by atoms with E-state index in [1.54, 1.807) is 18.2 Å². The normalized spacial score (nSPS) is 10.4. The molecule has 0 aliphatic heterocycles. The smallest absolute Gasteiger partial charge is 0.255 e. The van der Waals surface area contributed by atoms with E-state index < -0.39 is 0 Å². The van der Waals surface area contributed by atoms with Crippen LogP contribution in [0, 0.1) is 0 Å². The van der Waals surface area contributed by atoms with Crippen LogP contribution >= 0.6 is 34.5 Å². The molecule has 0 unspecified atom stereocenters. The van der Waals surface area contributed by atoms with Crippen LogP contribution < -0.4 is 4.87 Å². The Hall–Kier alpha value is -0.840. The highest BCUT2D eigenvalue weighted by Crippen LogP contribution is 2.29. The fourth-order valence-corrected chi connectivity index (χ4v) is 2.21. The van der Waals surface area contributed by atoms with Crippen LogP contribution in [0.4, 0.5) is 0 Å². The Morgan fingerprint density at radius 1 is 1.36 bits per heavy atom. The van der Waals surface area contributed by atoms with E-state index in [0.29, 0.717) is 20.6 Å². The molecule has 1 aromatic carbocycles. The van der Waals surface area contributed by atoms with Gasteiger partial charge < -0.3 is 0 Å². The average molecular weight is 247 g/mol. The Morgan fingerprint density at radius 3 is 2.71 bits per heavy atom. The largest absolute Gasteiger partial charge is 0.322 e. The molecular weight excluding hydrogens is 243 g/mol. The average Bonchev–Trinajstić information content (AvgIpc) is 2.51. The number of nitrogens with one attached hydrogen (secondary N) is 1. The number of rotatable bonds is 1. The van der Waals surface area contributed by atoms with Crippen LogP contribution in [0.25, 0.3) is 10.6 Å². The van der Waals surface area contributed by atoms with Crippen molar-refractivity contribution in [1.82, 2.24) is 10.2 Å². The van der Waals surface area contributed by atoms with Crippen LogP contribution in [0.2, 0.25) is 10.0 Å². The number of H-pyrrole nitrogens is 1. The van der Waals surface area contributed by atoms with E-state index in [9.17, 15) is 4.79 Å². The van der Waals surface area contributed by atoms with Crippen LogP contribution in [0.1, 0.15) is 0 Å². The molecule has 2 aromatic rings. The first-order chi connectivity index (χ1) is 6.66. The summed E-state index contributed by atoms with van der Waals surface area (Å²) in [5, 5.41) is 7.77. The van der Waals surface area contributed by atoms with E-state index in [0.717, 1.165) is 11.3 Å². The van der Waals surface area contributed by atoms with Crippen molar-refractivity contribution in [2.45, 2.75) is 0 Å². The second-order valence-electron chi connectivity index (χ2n) is 2.54. The van der Waals surface area contributed by atoms with Gasteiger partial charge in [0, 0.05) is 10.6 Å². The van der Waals surface area contributed by atoms with E-state index in [1.807, 2.05) is 0 Å². The van der Waals surface area contributed by atoms with Gasteiger partial charge in [-0.25, -0.2) is 5.10 Å². The molecule has 0 atom stereocenters. The number of benzene rings is 1. The second kappa shape index (κ2) is 3.73. The second-order valence-corrected chi connectivity index (χ2v) is 4.35. The van der Waals surface area contributed by atoms with Gasteiger partial charge in [0.2, 0.25) is 0 Å². The Kier molecular flexibility index (Phi) is 2.58. The van der Waals surface area contributed by atoms with Gasteiger partial charge in [-0.2, -0.15) is 5.10 Å². The minimum atomic E-state index is -0.203. The summed E-state index contributed by atoms with van der Waals surface area (Å²) in [4.78, 5) is 10.7. The highest BCUT2D eigenvalue weighted by molar-refractivity contribution is 7.12. The van der Waals surface area contributed by atoms with Gasteiger partial charge in [0.05, 0.1) is 5.02 Å². The predicted molar refractivity (Wildman–Crippen MR) is 58.2 cm³/mol. The summed E-state index contributed by atoms with van der Waals surface area (Å²) in [7, 11) is 0. The van der Waals surface area contributed by atoms with Gasteiger partial charge in [0.1, 0.15) is 5.01 Å². The van der Waals surface area contributed by atoms with E-state index in [1.165, 1.54) is 0 Å². The summed E-state index contributed by atoms with van der Waals surface area (Å²) in [6, 6.07) is 5.05. The van der Waals surface area contributed by atoms with Crippen molar-refractivity contribution in [2.24, 2.45) is 0 Å². The van der Waals surface area contributed by atoms with Crippen molar-refractivity contribution >= 4 is 34.5 Å². The van der Waals surface area contributed by atoms with Gasteiger partial charge in [-0.3, -0.25) is 4.79 Å². The lowest BCUT2D eigenvalue weighted by atomic mass is 10.2. The molecule has 0 amide bonds. The Morgan fingerprint density at radius 2 is 2.14 bits per heavy atom. The molecule has 0 saturated heterocycles. The molecule has 0 aliphatic rings. The fraction of sp³-hybridized carbons (Fsp3) is 0. The molecule has 0 fully saturated rings. The van der Waals surface area contributed by atoms with Gasteiger partial charge >= 0.3 is 4.87 Å². The summed E-state index contributed by atoms with van der Waals surface area (Å²) in [6.07, 6.45) is 0. The Balaban J connectivity index is 2.57. The topological polar surface area (TPSA) is 45.8 Å². The lowest BCUT2D eigenvalue weighted by molar-refractivity contribution is 1.06. The van der Waals surface area contributed by atoms with Crippen LogP contribution in [-0.4, -0.2) is 10.2 Å². The van der Waals surface area contributed by atoms with Gasteiger partial charge in [0.25, 0.3) is 0 Å².